The van der Waals surface area contributed by atoms with Crippen LogP contribution in [0.25, 0.3) is 15.9 Å². The predicted molar refractivity (Wildman–Crippen MR) is 112 cm³/mol. The number of amides is 1. The Labute approximate surface area is 165 Å². The standard InChI is InChI=1S/C22H16N4OS/c1-15-6-2-4-8-18(15)26(22-24-17-7-3-5-9-19(17)28-22)21(27)16-10-11-20-23-12-13-25(20)14-16/h2-14H,1H3. The number of fused-ring (bicyclic) bond motifs is 2. The second-order valence-corrected chi connectivity index (χ2v) is 7.51. The lowest BCUT2D eigenvalue weighted by molar-refractivity contribution is 0.0998. The molecule has 5 nitrogen and oxygen atoms in total. The first-order valence-corrected chi connectivity index (χ1v) is 9.71. The molecule has 1 amide bonds. The molecule has 0 N–H and O–H groups in total. The fourth-order valence-electron chi connectivity index (χ4n) is 3.24. The van der Waals surface area contributed by atoms with Crippen LogP contribution in [0.3, 0.4) is 0 Å². The predicted octanol–water partition coefficient (Wildman–Crippen LogP) is 5.23. The van der Waals surface area contributed by atoms with Gasteiger partial charge in [0.25, 0.3) is 5.91 Å². The number of thiazole rings is 1. The number of rotatable bonds is 3. The van der Waals surface area contributed by atoms with E-state index in [1.165, 1.54) is 11.3 Å². The number of benzene rings is 2. The number of pyridine rings is 1. The van der Waals surface area contributed by atoms with Crippen LogP contribution in [0.4, 0.5) is 10.8 Å². The van der Waals surface area contributed by atoms with E-state index in [4.69, 9.17) is 4.98 Å². The van der Waals surface area contributed by atoms with E-state index < -0.39 is 0 Å². The maximum Gasteiger partial charge on any atom is 0.266 e. The van der Waals surface area contributed by atoms with Crippen LogP contribution >= 0.6 is 11.3 Å². The molecule has 6 heteroatoms. The first-order valence-electron chi connectivity index (χ1n) is 8.89. The van der Waals surface area contributed by atoms with E-state index in [1.54, 1.807) is 11.1 Å². The number of carbonyl (C=O) groups excluding carboxylic acids is 1. The van der Waals surface area contributed by atoms with Gasteiger partial charge < -0.3 is 4.40 Å². The zero-order valence-electron chi connectivity index (χ0n) is 15.1. The zero-order valence-corrected chi connectivity index (χ0v) is 15.9. The smallest absolute Gasteiger partial charge is 0.266 e. The van der Waals surface area contributed by atoms with Crippen LogP contribution in [0.5, 0.6) is 0 Å². The molecule has 3 aromatic heterocycles. The molecule has 0 unspecified atom stereocenters. The highest BCUT2D eigenvalue weighted by atomic mass is 32.1. The number of carbonyl (C=O) groups is 1. The van der Waals surface area contributed by atoms with Crippen molar-refractivity contribution in [1.82, 2.24) is 14.4 Å². The van der Waals surface area contributed by atoms with Gasteiger partial charge in [0.2, 0.25) is 0 Å². The summed E-state index contributed by atoms with van der Waals surface area (Å²) in [5.74, 6) is -0.121. The average molecular weight is 384 g/mol. The molecule has 0 saturated heterocycles. The molecule has 0 fully saturated rings. The number of imidazole rings is 1. The van der Waals surface area contributed by atoms with E-state index in [-0.39, 0.29) is 5.91 Å². The van der Waals surface area contributed by atoms with Gasteiger partial charge >= 0.3 is 0 Å². The topological polar surface area (TPSA) is 50.5 Å². The number of para-hydroxylation sites is 2. The summed E-state index contributed by atoms with van der Waals surface area (Å²) in [6.07, 6.45) is 5.36. The number of anilines is 2. The highest BCUT2D eigenvalue weighted by molar-refractivity contribution is 7.22. The first-order chi connectivity index (χ1) is 13.7. The van der Waals surface area contributed by atoms with Crippen LogP contribution < -0.4 is 4.90 Å². The lowest BCUT2D eigenvalue weighted by Crippen LogP contribution is -2.26. The van der Waals surface area contributed by atoms with E-state index >= 15 is 0 Å². The summed E-state index contributed by atoms with van der Waals surface area (Å²) < 4.78 is 2.90. The minimum Gasteiger partial charge on any atom is -0.306 e. The molecule has 0 aliphatic carbocycles. The monoisotopic (exact) mass is 384 g/mol. The fraction of sp³-hybridized carbons (Fsp3) is 0.0455. The van der Waals surface area contributed by atoms with Crippen molar-refractivity contribution in [3.8, 4) is 0 Å². The van der Waals surface area contributed by atoms with Crippen molar-refractivity contribution in [2.24, 2.45) is 0 Å². The molecule has 0 bridgehead atoms. The summed E-state index contributed by atoms with van der Waals surface area (Å²) in [7, 11) is 0. The Bertz CT molecular complexity index is 1290. The van der Waals surface area contributed by atoms with Crippen molar-refractivity contribution < 1.29 is 4.79 Å². The van der Waals surface area contributed by atoms with E-state index in [0.717, 1.165) is 27.1 Å². The summed E-state index contributed by atoms with van der Waals surface area (Å²) in [4.78, 5) is 24.3. The molecular formula is C22H16N4OS. The minimum atomic E-state index is -0.121. The quantitative estimate of drug-likeness (QED) is 0.428. The van der Waals surface area contributed by atoms with E-state index in [1.807, 2.05) is 84.4 Å². The van der Waals surface area contributed by atoms with Gasteiger partial charge in [0.1, 0.15) is 5.65 Å². The third-order valence-electron chi connectivity index (χ3n) is 4.67. The second-order valence-electron chi connectivity index (χ2n) is 6.50. The second kappa shape index (κ2) is 6.58. The molecule has 0 atom stereocenters. The summed E-state index contributed by atoms with van der Waals surface area (Å²) in [6, 6.07) is 19.5. The Morgan fingerprint density at radius 2 is 1.86 bits per heavy atom. The van der Waals surface area contributed by atoms with Gasteiger partial charge in [-0.1, -0.05) is 41.7 Å². The van der Waals surface area contributed by atoms with Gasteiger partial charge in [-0.15, -0.1) is 0 Å². The zero-order chi connectivity index (χ0) is 19.1. The van der Waals surface area contributed by atoms with Crippen LogP contribution in [-0.2, 0) is 0 Å². The fourth-order valence-corrected chi connectivity index (χ4v) is 4.22. The van der Waals surface area contributed by atoms with Crippen LogP contribution in [0, 0.1) is 6.92 Å². The Morgan fingerprint density at radius 3 is 2.71 bits per heavy atom. The maximum absolute atomic E-state index is 13.6. The van der Waals surface area contributed by atoms with Crippen molar-refractivity contribution in [3.63, 3.8) is 0 Å². The molecular weight excluding hydrogens is 368 g/mol. The first kappa shape index (κ1) is 16.6. The lowest BCUT2D eigenvalue weighted by Gasteiger charge is -2.22. The number of hydrogen-bond acceptors (Lipinski definition) is 4. The summed E-state index contributed by atoms with van der Waals surface area (Å²) in [5, 5.41) is 0.659. The molecule has 0 spiro atoms. The number of nitrogens with zero attached hydrogens (tertiary/aromatic N) is 4. The minimum absolute atomic E-state index is 0.121. The molecule has 0 radical (unpaired) electrons. The van der Waals surface area contributed by atoms with Gasteiger partial charge in [-0.2, -0.15) is 0 Å². The van der Waals surface area contributed by atoms with Gasteiger partial charge in [0.05, 0.1) is 21.5 Å². The molecule has 136 valence electrons. The van der Waals surface area contributed by atoms with Gasteiger partial charge in [-0.05, 0) is 42.8 Å². The highest BCUT2D eigenvalue weighted by Crippen LogP contribution is 2.35. The van der Waals surface area contributed by atoms with Crippen molar-refractivity contribution in [1.29, 1.82) is 0 Å². The van der Waals surface area contributed by atoms with Crippen molar-refractivity contribution in [2.45, 2.75) is 6.92 Å². The SMILES string of the molecule is Cc1ccccc1N(C(=O)c1ccc2nccn2c1)c1nc2ccccc2s1. The number of aromatic nitrogens is 3. The summed E-state index contributed by atoms with van der Waals surface area (Å²) in [6.45, 7) is 2.00. The van der Waals surface area contributed by atoms with Crippen LogP contribution in [0.2, 0.25) is 0 Å². The molecule has 3 heterocycles. The number of aryl methyl sites for hydroxylation is 1. The van der Waals surface area contributed by atoms with Crippen molar-refractivity contribution in [3.05, 3.63) is 90.4 Å². The van der Waals surface area contributed by atoms with Gasteiger partial charge in [0, 0.05) is 18.6 Å². The lowest BCUT2D eigenvalue weighted by atomic mass is 10.1. The third kappa shape index (κ3) is 2.75. The largest absolute Gasteiger partial charge is 0.306 e. The van der Waals surface area contributed by atoms with E-state index in [0.29, 0.717) is 10.7 Å². The Kier molecular flexibility index (Phi) is 3.91. The number of hydrogen-bond donors (Lipinski definition) is 0. The van der Waals surface area contributed by atoms with E-state index in [2.05, 4.69) is 4.98 Å². The average Bonchev–Trinajstić information content (AvgIpc) is 3.35. The normalized spacial score (nSPS) is 11.2. The summed E-state index contributed by atoms with van der Waals surface area (Å²) in [5.41, 5.74) is 4.11. The van der Waals surface area contributed by atoms with E-state index in [9.17, 15) is 4.79 Å². The van der Waals surface area contributed by atoms with Gasteiger partial charge in [0.15, 0.2) is 5.13 Å². The van der Waals surface area contributed by atoms with Crippen LogP contribution in [0.15, 0.2) is 79.3 Å². The molecule has 28 heavy (non-hydrogen) atoms. The molecule has 5 aromatic rings. The molecule has 0 aliphatic heterocycles. The Hall–Kier alpha value is -3.51. The molecule has 0 aliphatic rings. The molecule has 0 saturated carbocycles. The maximum atomic E-state index is 13.6. The van der Waals surface area contributed by atoms with Gasteiger partial charge in [-0.3, -0.25) is 9.69 Å². The van der Waals surface area contributed by atoms with Gasteiger partial charge in [-0.25, -0.2) is 9.97 Å². The van der Waals surface area contributed by atoms with Crippen LogP contribution in [0.1, 0.15) is 15.9 Å². The van der Waals surface area contributed by atoms with Crippen molar-refractivity contribution >= 4 is 43.9 Å². The molecule has 5 rings (SSSR count). The van der Waals surface area contributed by atoms with Crippen LogP contribution in [-0.4, -0.2) is 20.3 Å². The Balaban J connectivity index is 1.68. The third-order valence-corrected chi connectivity index (χ3v) is 5.69. The molecule has 2 aromatic carbocycles. The van der Waals surface area contributed by atoms with Crippen molar-refractivity contribution in [2.75, 3.05) is 4.90 Å². The highest BCUT2D eigenvalue weighted by Gasteiger charge is 2.24. The Morgan fingerprint density at radius 1 is 1.04 bits per heavy atom. The summed E-state index contributed by atoms with van der Waals surface area (Å²) >= 11 is 1.51.